The number of rotatable bonds is 7. The first-order chi connectivity index (χ1) is 18.3. The van der Waals surface area contributed by atoms with Crippen LogP contribution in [0.15, 0.2) is 65.5 Å². The van der Waals surface area contributed by atoms with E-state index in [1.54, 1.807) is 43.2 Å². The van der Waals surface area contributed by atoms with Crippen molar-refractivity contribution >= 4 is 29.2 Å². The average molecular weight is 512 g/mol. The van der Waals surface area contributed by atoms with Crippen LogP contribution in [-0.2, 0) is 22.7 Å². The standard InChI is InChI=1S/C29H29N5O4/c1-19-14-30-29(38-19)23-11-22-8-7-21(24-15-31-33(17-24)18-28(36)32(2)3)12-26(22)34(27(35)13-23)16-20-5-9-25(37-4)10-6-20/h5-12,14-15,17H,13,16,18H2,1-4H3. The van der Waals surface area contributed by atoms with Gasteiger partial charge in [0.05, 0.1) is 38.2 Å². The van der Waals surface area contributed by atoms with E-state index in [9.17, 15) is 9.59 Å². The van der Waals surface area contributed by atoms with Crippen LogP contribution in [0.2, 0.25) is 0 Å². The molecule has 38 heavy (non-hydrogen) atoms. The maximum atomic E-state index is 13.7. The van der Waals surface area contributed by atoms with Gasteiger partial charge in [-0.2, -0.15) is 5.10 Å². The largest absolute Gasteiger partial charge is 0.497 e. The molecular formula is C29H29N5O4. The summed E-state index contributed by atoms with van der Waals surface area (Å²) >= 11 is 0. The third kappa shape index (κ3) is 5.22. The molecule has 0 spiro atoms. The molecule has 3 heterocycles. The zero-order valence-electron chi connectivity index (χ0n) is 21.8. The Morgan fingerprint density at radius 1 is 1.11 bits per heavy atom. The highest BCUT2D eigenvalue weighted by Crippen LogP contribution is 2.36. The second-order valence-corrected chi connectivity index (χ2v) is 9.44. The van der Waals surface area contributed by atoms with Crippen molar-refractivity contribution in [2.75, 3.05) is 26.1 Å². The third-order valence-electron chi connectivity index (χ3n) is 6.45. The van der Waals surface area contributed by atoms with Crippen molar-refractivity contribution in [3.05, 3.63) is 83.8 Å². The first-order valence-corrected chi connectivity index (χ1v) is 12.2. The fourth-order valence-corrected chi connectivity index (χ4v) is 4.32. The first kappa shape index (κ1) is 25.0. The molecule has 0 radical (unpaired) electrons. The number of fused-ring (bicyclic) bond motifs is 1. The molecule has 0 atom stereocenters. The highest BCUT2D eigenvalue weighted by Gasteiger charge is 2.26. The lowest BCUT2D eigenvalue weighted by molar-refractivity contribution is -0.129. The van der Waals surface area contributed by atoms with E-state index >= 15 is 0 Å². The summed E-state index contributed by atoms with van der Waals surface area (Å²) in [6, 6.07) is 13.7. The van der Waals surface area contributed by atoms with Gasteiger partial charge in [-0.1, -0.05) is 24.3 Å². The van der Waals surface area contributed by atoms with Gasteiger partial charge >= 0.3 is 0 Å². The van der Waals surface area contributed by atoms with Gasteiger partial charge in [0.25, 0.3) is 0 Å². The molecular weight excluding hydrogens is 482 g/mol. The van der Waals surface area contributed by atoms with Crippen LogP contribution < -0.4 is 9.64 Å². The Labute approximate surface area is 220 Å². The lowest BCUT2D eigenvalue weighted by atomic mass is 10.0. The van der Waals surface area contributed by atoms with Crippen LogP contribution in [0.5, 0.6) is 5.75 Å². The molecule has 1 aliphatic heterocycles. The molecule has 4 aromatic rings. The number of carbonyl (C=O) groups excluding carboxylic acids is 2. The lowest BCUT2D eigenvalue weighted by Crippen LogP contribution is -2.30. The highest BCUT2D eigenvalue weighted by atomic mass is 16.5. The van der Waals surface area contributed by atoms with Crippen LogP contribution in [0.25, 0.3) is 22.8 Å². The van der Waals surface area contributed by atoms with Crippen molar-refractivity contribution in [3.8, 4) is 16.9 Å². The van der Waals surface area contributed by atoms with E-state index in [1.165, 1.54) is 4.90 Å². The molecule has 0 N–H and O–H groups in total. The fourth-order valence-electron chi connectivity index (χ4n) is 4.32. The minimum absolute atomic E-state index is 0.0442. The van der Waals surface area contributed by atoms with Gasteiger partial charge in [0.1, 0.15) is 18.1 Å². The number of hydrogen-bond acceptors (Lipinski definition) is 6. The minimum atomic E-state index is -0.0638. The SMILES string of the molecule is COc1ccc(CN2C(=O)CC(c3ncc(C)o3)=Cc3ccc(-c4cnn(CC(=O)N(C)C)c4)cc32)cc1. The smallest absolute Gasteiger partial charge is 0.243 e. The summed E-state index contributed by atoms with van der Waals surface area (Å²) in [6.07, 6.45) is 7.35. The first-order valence-electron chi connectivity index (χ1n) is 12.2. The van der Waals surface area contributed by atoms with Crippen LogP contribution in [0.3, 0.4) is 0 Å². The van der Waals surface area contributed by atoms with E-state index in [4.69, 9.17) is 9.15 Å². The number of ether oxygens (including phenoxy) is 1. The maximum Gasteiger partial charge on any atom is 0.243 e. The molecule has 1 aliphatic rings. The number of aryl methyl sites for hydroxylation is 1. The van der Waals surface area contributed by atoms with E-state index < -0.39 is 0 Å². The molecule has 0 fully saturated rings. The molecule has 9 nitrogen and oxygen atoms in total. The Bertz CT molecular complexity index is 1510. The van der Waals surface area contributed by atoms with Crippen molar-refractivity contribution in [1.29, 1.82) is 0 Å². The van der Waals surface area contributed by atoms with Gasteiger partial charge in [0.15, 0.2) is 0 Å². The third-order valence-corrected chi connectivity index (χ3v) is 6.45. The van der Waals surface area contributed by atoms with Crippen LogP contribution in [0.4, 0.5) is 5.69 Å². The summed E-state index contributed by atoms with van der Waals surface area (Å²) in [5.74, 6) is 1.78. The molecule has 2 aromatic heterocycles. The van der Waals surface area contributed by atoms with Crippen molar-refractivity contribution in [1.82, 2.24) is 19.7 Å². The van der Waals surface area contributed by atoms with E-state index in [1.807, 2.05) is 61.7 Å². The number of carbonyl (C=O) groups is 2. The number of methoxy groups -OCH3 is 1. The molecule has 5 rings (SSSR count). The topological polar surface area (TPSA) is 93.7 Å². The Balaban J connectivity index is 1.54. The number of anilines is 1. The highest BCUT2D eigenvalue weighted by molar-refractivity contribution is 6.06. The van der Waals surface area contributed by atoms with Crippen LogP contribution >= 0.6 is 0 Å². The number of nitrogens with zero attached hydrogens (tertiary/aromatic N) is 5. The monoisotopic (exact) mass is 511 g/mol. The summed E-state index contributed by atoms with van der Waals surface area (Å²) in [6.45, 7) is 2.38. The van der Waals surface area contributed by atoms with Gasteiger partial charge in [-0.15, -0.1) is 0 Å². The van der Waals surface area contributed by atoms with Crippen molar-refractivity contribution in [2.45, 2.75) is 26.4 Å². The van der Waals surface area contributed by atoms with Gasteiger partial charge in [-0.05, 0) is 47.9 Å². The zero-order valence-corrected chi connectivity index (χ0v) is 21.8. The number of likely N-dealkylation sites (N-methyl/N-ethyl adjacent to an activating group) is 1. The Kier molecular flexibility index (Phi) is 6.83. The Hall–Kier alpha value is -4.66. The molecule has 0 bridgehead atoms. The van der Waals surface area contributed by atoms with Crippen LogP contribution in [0, 0.1) is 6.92 Å². The summed E-state index contributed by atoms with van der Waals surface area (Å²) in [4.78, 5) is 33.5. The summed E-state index contributed by atoms with van der Waals surface area (Å²) in [7, 11) is 5.06. The second-order valence-electron chi connectivity index (χ2n) is 9.44. The van der Waals surface area contributed by atoms with Crippen molar-refractivity contribution in [2.24, 2.45) is 0 Å². The Morgan fingerprint density at radius 3 is 2.58 bits per heavy atom. The van der Waals surface area contributed by atoms with Gasteiger partial charge in [-0.3, -0.25) is 14.3 Å². The molecule has 0 saturated carbocycles. The number of hydrogen-bond donors (Lipinski definition) is 0. The van der Waals surface area contributed by atoms with Crippen LogP contribution in [-0.4, -0.2) is 52.7 Å². The Morgan fingerprint density at radius 2 is 1.89 bits per heavy atom. The summed E-state index contributed by atoms with van der Waals surface area (Å²) in [5.41, 5.74) is 5.11. The predicted octanol–water partition coefficient (Wildman–Crippen LogP) is 4.42. The average Bonchev–Trinajstić information content (AvgIpc) is 3.53. The quantitative estimate of drug-likeness (QED) is 0.365. The van der Waals surface area contributed by atoms with Crippen molar-refractivity contribution < 1.29 is 18.7 Å². The summed E-state index contributed by atoms with van der Waals surface area (Å²) < 4.78 is 12.7. The normalized spacial score (nSPS) is 13.1. The number of oxazole rings is 1. The summed E-state index contributed by atoms with van der Waals surface area (Å²) in [5, 5.41) is 4.36. The van der Waals surface area contributed by atoms with Gasteiger partial charge in [-0.25, -0.2) is 4.98 Å². The molecule has 2 aromatic carbocycles. The number of amides is 2. The van der Waals surface area contributed by atoms with Gasteiger partial charge in [0, 0.05) is 31.4 Å². The van der Waals surface area contributed by atoms with Crippen molar-refractivity contribution in [3.63, 3.8) is 0 Å². The number of aromatic nitrogens is 3. The van der Waals surface area contributed by atoms with E-state index in [2.05, 4.69) is 10.1 Å². The maximum absolute atomic E-state index is 13.7. The van der Waals surface area contributed by atoms with E-state index in [0.717, 1.165) is 39.3 Å². The van der Waals surface area contributed by atoms with Gasteiger partial charge in [0.2, 0.25) is 17.7 Å². The fraction of sp³-hybridized carbons (Fsp3) is 0.241. The lowest BCUT2D eigenvalue weighted by Gasteiger charge is -2.24. The number of benzene rings is 2. The minimum Gasteiger partial charge on any atom is -0.497 e. The molecule has 2 amide bonds. The molecule has 194 valence electrons. The molecule has 0 saturated heterocycles. The molecule has 9 heteroatoms. The molecule has 0 unspecified atom stereocenters. The van der Waals surface area contributed by atoms with E-state index in [-0.39, 0.29) is 24.8 Å². The zero-order chi connectivity index (χ0) is 26.8. The molecule has 0 aliphatic carbocycles. The van der Waals surface area contributed by atoms with Gasteiger partial charge < -0.3 is 19.0 Å². The second kappa shape index (κ2) is 10.4. The van der Waals surface area contributed by atoms with E-state index in [0.29, 0.717) is 18.2 Å². The van der Waals surface area contributed by atoms with Crippen LogP contribution in [0.1, 0.15) is 29.2 Å². The predicted molar refractivity (Wildman–Crippen MR) is 144 cm³/mol.